The minimum absolute atomic E-state index is 0.325. The topological polar surface area (TPSA) is 45.4 Å². The summed E-state index contributed by atoms with van der Waals surface area (Å²) in [5.74, 6) is 1.68. The summed E-state index contributed by atoms with van der Waals surface area (Å²) in [6, 6.07) is 1.65. The van der Waals surface area contributed by atoms with Gasteiger partial charge in [0.1, 0.15) is 11.6 Å². The fourth-order valence-electron chi connectivity index (χ4n) is 2.39. The van der Waals surface area contributed by atoms with Crippen LogP contribution in [0.25, 0.3) is 0 Å². The van der Waals surface area contributed by atoms with Crippen LogP contribution < -0.4 is 10.6 Å². The van der Waals surface area contributed by atoms with Gasteiger partial charge >= 0.3 is 0 Å². The molecule has 1 aromatic heterocycles. The summed E-state index contributed by atoms with van der Waals surface area (Å²) < 4.78 is 0. The molecule has 0 saturated carbocycles. The van der Waals surface area contributed by atoms with Crippen LogP contribution in [0.1, 0.15) is 6.42 Å². The number of anilines is 2. The van der Waals surface area contributed by atoms with Crippen LogP contribution in [0.5, 0.6) is 0 Å². The molecule has 0 radical (unpaired) electrons. The van der Waals surface area contributed by atoms with E-state index in [1.54, 1.807) is 6.07 Å². The number of aromatic nitrogens is 1. The third kappa shape index (κ3) is 2.99. The number of nitrogen functional groups attached to an aromatic ring is 1. The van der Waals surface area contributed by atoms with Crippen LogP contribution in [0.2, 0.25) is 10.0 Å². The summed E-state index contributed by atoms with van der Waals surface area (Å²) in [7, 11) is 4.13. The van der Waals surface area contributed by atoms with Gasteiger partial charge in [-0.05, 0) is 32.0 Å². The number of rotatable bonds is 3. The molecule has 2 rings (SSSR count). The van der Waals surface area contributed by atoms with Crippen molar-refractivity contribution in [1.82, 2.24) is 9.88 Å². The summed E-state index contributed by atoms with van der Waals surface area (Å²) in [4.78, 5) is 8.65. The van der Waals surface area contributed by atoms with Crippen LogP contribution in [-0.4, -0.2) is 43.6 Å². The molecule has 1 atom stereocenters. The van der Waals surface area contributed by atoms with Gasteiger partial charge < -0.3 is 15.5 Å². The van der Waals surface area contributed by atoms with E-state index in [0.717, 1.165) is 19.6 Å². The zero-order valence-corrected chi connectivity index (χ0v) is 12.2. The molecule has 0 aromatic carbocycles. The van der Waals surface area contributed by atoms with Crippen molar-refractivity contribution in [3.8, 4) is 0 Å². The lowest BCUT2D eigenvalue weighted by molar-refractivity contribution is 0.395. The second kappa shape index (κ2) is 5.51. The van der Waals surface area contributed by atoms with Crippen LogP contribution in [0.3, 0.4) is 0 Å². The van der Waals surface area contributed by atoms with Crippen LogP contribution >= 0.6 is 23.2 Å². The molecule has 1 fully saturated rings. The standard InChI is InChI=1S/C12H18Cl2N4/c1-17-4-3-8(6-17)7-18(2)12-10(14)5-9(13)11(15)16-12/h5,8H,3-4,6-7H2,1-2H3,(H2,15,16). The van der Waals surface area contributed by atoms with Crippen molar-refractivity contribution in [2.45, 2.75) is 6.42 Å². The Morgan fingerprint density at radius 2 is 2.22 bits per heavy atom. The first-order valence-electron chi connectivity index (χ1n) is 5.98. The van der Waals surface area contributed by atoms with E-state index in [-0.39, 0.29) is 0 Å². The second-order valence-electron chi connectivity index (χ2n) is 4.96. The minimum Gasteiger partial charge on any atom is -0.382 e. The van der Waals surface area contributed by atoms with Crippen LogP contribution in [0.15, 0.2) is 6.07 Å². The van der Waals surface area contributed by atoms with E-state index in [2.05, 4.69) is 21.8 Å². The number of likely N-dealkylation sites (tertiary alicyclic amines) is 1. The maximum Gasteiger partial charge on any atom is 0.149 e. The average Bonchev–Trinajstić information content (AvgIpc) is 2.69. The van der Waals surface area contributed by atoms with Gasteiger partial charge in [-0.1, -0.05) is 23.2 Å². The molecular weight excluding hydrogens is 271 g/mol. The van der Waals surface area contributed by atoms with E-state index in [1.807, 2.05) is 7.05 Å². The van der Waals surface area contributed by atoms with Gasteiger partial charge in [0.25, 0.3) is 0 Å². The number of hydrogen-bond donors (Lipinski definition) is 1. The fourth-order valence-corrected chi connectivity index (χ4v) is 2.89. The molecule has 0 aliphatic carbocycles. The van der Waals surface area contributed by atoms with Crippen molar-refractivity contribution in [3.63, 3.8) is 0 Å². The Morgan fingerprint density at radius 3 is 2.83 bits per heavy atom. The molecule has 0 amide bonds. The second-order valence-corrected chi connectivity index (χ2v) is 5.77. The highest BCUT2D eigenvalue weighted by molar-refractivity contribution is 6.37. The molecule has 100 valence electrons. The largest absolute Gasteiger partial charge is 0.382 e. The Bertz CT molecular complexity index is 438. The zero-order valence-electron chi connectivity index (χ0n) is 10.7. The molecular formula is C12H18Cl2N4. The summed E-state index contributed by atoms with van der Waals surface area (Å²) in [6.07, 6.45) is 1.21. The smallest absolute Gasteiger partial charge is 0.149 e. The van der Waals surface area contributed by atoms with E-state index in [1.165, 1.54) is 6.42 Å². The molecule has 1 aliphatic heterocycles. The Kier molecular flexibility index (Phi) is 4.20. The van der Waals surface area contributed by atoms with Gasteiger partial charge in [-0.2, -0.15) is 0 Å². The van der Waals surface area contributed by atoms with E-state index >= 15 is 0 Å². The molecule has 6 heteroatoms. The third-order valence-corrected chi connectivity index (χ3v) is 3.90. The predicted octanol–water partition coefficient (Wildman–Crippen LogP) is 2.36. The molecule has 1 aliphatic rings. The summed E-state index contributed by atoms with van der Waals surface area (Å²) in [5, 5.41) is 0.945. The lowest BCUT2D eigenvalue weighted by atomic mass is 10.1. The van der Waals surface area contributed by atoms with Crippen molar-refractivity contribution >= 4 is 34.8 Å². The average molecular weight is 289 g/mol. The quantitative estimate of drug-likeness (QED) is 0.928. The van der Waals surface area contributed by atoms with Crippen molar-refractivity contribution < 1.29 is 0 Å². The first-order valence-corrected chi connectivity index (χ1v) is 6.74. The number of nitrogens with zero attached hydrogens (tertiary/aromatic N) is 3. The maximum atomic E-state index is 6.16. The molecule has 4 nitrogen and oxygen atoms in total. The number of hydrogen-bond acceptors (Lipinski definition) is 4. The van der Waals surface area contributed by atoms with Crippen molar-refractivity contribution in [3.05, 3.63) is 16.1 Å². The Labute approximate surface area is 118 Å². The number of pyridine rings is 1. The van der Waals surface area contributed by atoms with Crippen LogP contribution in [0.4, 0.5) is 11.6 Å². The van der Waals surface area contributed by atoms with Gasteiger partial charge in [-0.3, -0.25) is 0 Å². The van der Waals surface area contributed by atoms with E-state index in [9.17, 15) is 0 Å². The Hall–Kier alpha value is -0.710. The first kappa shape index (κ1) is 13.7. The lowest BCUT2D eigenvalue weighted by Gasteiger charge is -2.23. The zero-order chi connectivity index (χ0) is 13.3. The molecule has 1 aromatic rings. The number of nitrogens with two attached hydrogens (primary N) is 1. The fraction of sp³-hybridized carbons (Fsp3) is 0.583. The maximum absolute atomic E-state index is 6.16. The molecule has 2 heterocycles. The van der Waals surface area contributed by atoms with Gasteiger partial charge in [0.15, 0.2) is 0 Å². The Balaban J connectivity index is 2.09. The molecule has 1 saturated heterocycles. The van der Waals surface area contributed by atoms with Gasteiger partial charge in [-0.25, -0.2) is 4.98 Å². The highest BCUT2D eigenvalue weighted by atomic mass is 35.5. The molecule has 2 N–H and O–H groups in total. The predicted molar refractivity (Wildman–Crippen MR) is 77.5 cm³/mol. The highest BCUT2D eigenvalue weighted by Crippen LogP contribution is 2.30. The van der Waals surface area contributed by atoms with E-state index in [0.29, 0.717) is 27.6 Å². The van der Waals surface area contributed by atoms with Gasteiger partial charge in [-0.15, -0.1) is 0 Å². The van der Waals surface area contributed by atoms with Crippen molar-refractivity contribution in [2.75, 3.05) is 44.4 Å². The first-order chi connectivity index (χ1) is 8.47. The highest BCUT2D eigenvalue weighted by Gasteiger charge is 2.22. The van der Waals surface area contributed by atoms with Crippen LogP contribution in [-0.2, 0) is 0 Å². The van der Waals surface area contributed by atoms with Crippen molar-refractivity contribution in [2.24, 2.45) is 5.92 Å². The normalized spacial score (nSPS) is 20.3. The number of halogens is 2. The summed E-state index contributed by atoms with van der Waals surface area (Å²) >= 11 is 12.0. The minimum atomic E-state index is 0.325. The molecule has 0 spiro atoms. The SMILES string of the molecule is CN1CCC(CN(C)c2nc(N)c(Cl)cc2Cl)C1. The van der Waals surface area contributed by atoms with Gasteiger partial charge in [0.05, 0.1) is 10.0 Å². The van der Waals surface area contributed by atoms with Gasteiger partial charge in [0, 0.05) is 20.1 Å². The molecule has 0 bridgehead atoms. The summed E-state index contributed by atoms with van der Waals surface area (Å²) in [6.45, 7) is 3.20. The van der Waals surface area contributed by atoms with Gasteiger partial charge in [0.2, 0.25) is 0 Å². The Morgan fingerprint density at radius 1 is 1.50 bits per heavy atom. The molecule has 1 unspecified atom stereocenters. The molecule has 18 heavy (non-hydrogen) atoms. The van der Waals surface area contributed by atoms with E-state index < -0.39 is 0 Å². The summed E-state index contributed by atoms with van der Waals surface area (Å²) in [5.41, 5.74) is 5.72. The van der Waals surface area contributed by atoms with Crippen molar-refractivity contribution in [1.29, 1.82) is 0 Å². The van der Waals surface area contributed by atoms with E-state index in [4.69, 9.17) is 28.9 Å². The van der Waals surface area contributed by atoms with Crippen LogP contribution in [0, 0.1) is 5.92 Å². The third-order valence-electron chi connectivity index (χ3n) is 3.32. The monoisotopic (exact) mass is 288 g/mol. The lowest BCUT2D eigenvalue weighted by Crippen LogP contribution is -2.28.